The average molecular weight is 340 g/mol. The third kappa shape index (κ3) is 2.36. The second-order valence-electron chi connectivity index (χ2n) is 6.49. The molecule has 124 valence electrons. The van der Waals surface area contributed by atoms with Crippen LogP contribution in [0.5, 0.6) is 0 Å². The molecule has 2 heterocycles. The Balaban J connectivity index is 1.76. The minimum absolute atomic E-state index is 0.413. The lowest BCUT2D eigenvalue weighted by molar-refractivity contribution is 0.391. The number of hydrogen-bond donors (Lipinski definition) is 1. The zero-order valence-electron chi connectivity index (χ0n) is 13.8. The maximum absolute atomic E-state index is 13.1. The summed E-state index contributed by atoms with van der Waals surface area (Å²) in [6.45, 7) is 4.77. The molecule has 1 aliphatic heterocycles. The molecule has 3 aromatic rings. The van der Waals surface area contributed by atoms with E-state index in [1.165, 1.54) is 0 Å². The smallest absolute Gasteiger partial charge is 0.243 e. The summed E-state index contributed by atoms with van der Waals surface area (Å²) in [7, 11) is -3.48. The Labute approximate surface area is 142 Å². The first kappa shape index (κ1) is 15.4. The fourth-order valence-electron chi connectivity index (χ4n) is 3.57. The highest BCUT2D eigenvalue weighted by Crippen LogP contribution is 2.31. The topological polar surface area (TPSA) is 53.2 Å². The van der Waals surface area contributed by atoms with E-state index in [9.17, 15) is 8.42 Å². The Hall–Kier alpha value is -2.11. The monoisotopic (exact) mass is 340 g/mol. The van der Waals surface area contributed by atoms with Gasteiger partial charge in [-0.1, -0.05) is 35.9 Å². The van der Waals surface area contributed by atoms with Crippen molar-refractivity contribution in [2.75, 3.05) is 6.54 Å². The number of benzene rings is 2. The van der Waals surface area contributed by atoms with Gasteiger partial charge in [-0.2, -0.15) is 4.31 Å². The largest absolute Gasteiger partial charge is 0.358 e. The van der Waals surface area contributed by atoms with Gasteiger partial charge < -0.3 is 4.98 Å². The molecule has 0 saturated heterocycles. The van der Waals surface area contributed by atoms with Crippen LogP contribution in [0.3, 0.4) is 0 Å². The average Bonchev–Trinajstić information content (AvgIpc) is 2.92. The molecule has 0 spiro atoms. The number of nitrogens with one attached hydrogen (secondary N) is 1. The second-order valence-corrected chi connectivity index (χ2v) is 8.39. The van der Waals surface area contributed by atoms with Gasteiger partial charge >= 0.3 is 0 Å². The van der Waals surface area contributed by atoms with E-state index in [0.29, 0.717) is 24.4 Å². The van der Waals surface area contributed by atoms with E-state index in [-0.39, 0.29) is 0 Å². The van der Waals surface area contributed by atoms with Gasteiger partial charge in [0.2, 0.25) is 10.0 Å². The lowest BCUT2D eigenvalue weighted by Gasteiger charge is -2.27. The fraction of sp³-hybridized carbons (Fsp3) is 0.263. The second kappa shape index (κ2) is 5.46. The van der Waals surface area contributed by atoms with Crippen LogP contribution in [0.15, 0.2) is 47.4 Å². The standard InChI is InChI=1S/C19H20N2O2S/c1-13-7-8-19(14(2)11-13)24(22,23)21-10-9-18-16(12-21)15-5-3-4-6-17(15)20-18/h3-8,11,20H,9-10,12H2,1-2H3. The van der Waals surface area contributed by atoms with Crippen LogP contribution in [0.1, 0.15) is 22.4 Å². The highest BCUT2D eigenvalue weighted by Gasteiger charge is 2.31. The molecular weight excluding hydrogens is 320 g/mol. The van der Waals surface area contributed by atoms with Crippen LogP contribution < -0.4 is 0 Å². The quantitative estimate of drug-likeness (QED) is 0.776. The van der Waals surface area contributed by atoms with Gasteiger partial charge in [0, 0.05) is 36.1 Å². The van der Waals surface area contributed by atoms with Gasteiger partial charge in [-0.15, -0.1) is 0 Å². The van der Waals surface area contributed by atoms with Crippen molar-refractivity contribution >= 4 is 20.9 Å². The van der Waals surface area contributed by atoms with Crippen molar-refractivity contribution in [3.05, 3.63) is 64.8 Å². The molecular formula is C19H20N2O2S. The molecule has 0 bridgehead atoms. The Morgan fingerprint density at radius 1 is 1.08 bits per heavy atom. The van der Waals surface area contributed by atoms with Gasteiger partial charge in [-0.25, -0.2) is 8.42 Å². The van der Waals surface area contributed by atoms with Crippen LogP contribution in [0.4, 0.5) is 0 Å². The van der Waals surface area contributed by atoms with Crippen molar-refractivity contribution in [2.45, 2.75) is 31.7 Å². The molecule has 0 radical (unpaired) electrons. The third-order valence-electron chi connectivity index (χ3n) is 4.80. The number of H-pyrrole nitrogens is 1. The molecule has 0 fully saturated rings. The lowest BCUT2D eigenvalue weighted by atomic mass is 10.1. The minimum atomic E-state index is -3.48. The van der Waals surface area contributed by atoms with Crippen LogP contribution in [0.25, 0.3) is 10.9 Å². The van der Waals surface area contributed by atoms with Crippen molar-refractivity contribution in [1.82, 2.24) is 9.29 Å². The van der Waals surface area contributed by atoms with E-state index >= 15 is 0 Å². The van der Waals surface area contributed by atoms with Crippen molar-refractivity contribution < 1.29 is 8.42 Å². The number of nitrogens with zero attached hydrogens (tertiary/aromatic N) is 1. The van der Waals surface area contributed by atoms with Gasteiger partial charge in [0.1, 0.15) is 0 Å². The van der Waals surface area contributed by atoms with Crippen molar-refractivity contribution in [1.29, 1.82) is 0 Å². The Kier molecular flexibility index (Phi) is 3.51. The Morgan fingerprint density at radius 2 is 1.88 bits per heavy atom. The van der Waals surface area contributed by atoms with Gasteiger partial charge in [-0.05, 0) is 37.1 Å². The van der Waals surface area contributed by atoms with Gasteiger partial charge in [0.25, 0.3) is 0 Å². The molecule has 24 heavy (non-hydrogen) atoms. The predicted molar refractivity (Wildman–Crippen MR) is 95.5 cm³/mol. The summed E-state index contributed by atoms with van der Waals surface area (Å²) >= 11 is 0. The van der Waals surface area contributed by atoms with E-state index in [4.69, 9.17) is 0 Å². The molecule has 4 nitrogen and oxygen atoms in total. The maximum Gasteiger partial charge on any atom is 0.243 e. The highest BCUT2D eigenvalue weighted by atomic mass is 32.2. The van der Waals surface area contributed by atoms with E-state index in [1.807, 2.05) is 44.2 Å². The first-order valence-corrected chi connectivity index (χ1v) is 9.57. The first-order chi connectivity index (χ1) is 11.5. The van der Waals surface area contributed by atoms with Crippen LogP contribution in [-0.4, -0.2) is 24.3 Å². The summed E-state index contributed by atoms with van der Waals surface area (Å²) in [4.78, 5) is 3.84. The van der Waals surface area contributed by atoms with E-state index < -0.39 is 10.0 Å². The predicted octanol–water partition coefficient (Wildman–Crippen LogP) is 3.53. The summed E-state index contributed by atoms with van der Waals surface area (Å²) in [6, 6.07) is 13.6. The van der Waals surface area contributed by atoms with Gasteiger partial charge in [-0.3, -0.25) is 0 Å². The molecule has 4 rings (SSSR count). The molecule has 1 aliphatic rings. The third-order valence-corrected chi connectivity index (χ3v) is 6.80. The molecule has 1 aromatic heterocycles. The maximum atomic E-state index is 13.1. The van der Waals surface area contributed by atoms with Crippen molar-refractivity contribution in [3.8, 4) is 0 Å². The molecule has 0 unspecified atom stereocenters. The van der Waals surface area contributed by atoms with Crippen molar-refractivity contribution in [2.24, 2.45) is 0 Å². The molecule has 1 N–H and O–H groups in total. The molecule has 0 atom stereocenters. The lowest BCUT2D eigenvalue weighted by Crippen LogP contribution is -2.36. The van der Waals surface area contributed by atoms with Crippen LogP contribution in [0.2, 0.25) is 0 Å². The zero-order valence-corrected chi connectivity index (χ0v) is 14.7. The Morgan fingerprint density at radius 3 is 2.67 bits per heavy atom. The summed E-state index contributed by atoms with van der Waals surface area (Å²) in [5.41, 5.74) is 5.21. The molecule has 0 amide bonds. The molecule has 0 saturated carbocycles. The van der Waals surface area contributed by atoms with E-state index in [0.717, 1.165) is 33.3 Å². The van der Waals surface area contributed by atoms with Gasteiger partial charge in [0.05, 0.1) is 4.90 Å². The number of aryl methyl sites for hydroxylation is 2. The van der Waals surface area contributed by atoms with Crippen LogP contribution in [0, 0.1) is 13.8 Å². The summed E-state index contributed by atoms with van der Waals surface area (Å²) in [6.07, 6.45) is 0.716. The number of aromatic amines is 1. The number of fused-ring (bicyclic) bond motifs is 3. The summed E-state index contributed by atoms with van der Waals surface area (Å²) in [5, 5.41) is 1.12. The zero-order chi connectivity index (χ0) is 16.9. The minimum Gasteiger partial charge on any atom is -0.358 e. The van der Waals surface area contributed by atoms with E-state index in [1.54, 1.807) is 10.4 Å². The number of aromatic nitrogens is 1. The van der Waals surface area contributed by atoms with Crippen molar-refractivity contribution in [3.63, 3.8) is 0 Å². The summed E-state index contributed by atoms with van der Waals surface area (Å²) < 4.78 is 27.8. The number of hydrogen-bond acceptors (Lipinski definition) is 2. The fourth-order valence-corrected chi connectivity index (χ4v) is 5.19. The first-order valence-electron chi connectivity index (χ1n) is 8.12. The molecule has 0 aliphatic carbocycles. The van der Waals surface area contributed by atoms with Gasteiger partial charge in [0.15, 0.2) is 0 Å². The number of rotatable bonds is 2. The molecule has 2 aromatic carbocycles. The highest BCUT2D eigenvalue weighted by molar-refractivity contribution is 7.89. The van der Waals surface area contributed by atoms with E-state index in [2.05, 4.69) is 11.1 Å². The SMILES string of the molecule is Cc1ccc(S(=O)(=O)N2CCc3[nH]c4ccccc4c3C2)c(C)c1. The molecule has 5 heteroatoms. The number of sulfonamides is 1. The van der Waals surface area contributed by atoms with Crippen LogP contribution in [-0.2, 0) is 23.0 Å². The van der Waals surface area contributed by atoms with Crippen LogP contribution >= 0.6 is 0 Å². The summed E-state index contributed by atoms with van der Waals surface area (Å²) in [5.74, 6) is 0. The number of para-hydroxylation sites is 1. The Bertz CT molecular complexity index is 1030. The normalized spacial score (nSPS) is 15.6.